The zero-order valence-electron chi connectivity index (χ0n) is 11.7. The Morgan fingerprint density at radius 3 is 2.43 bits per heavy atom. The van der Waals surface area contributed by atoms with Gasteiger partial charge in [0.15, 0.2) is 0 Å². The van der Waals surface area contributed by atoms with E-state index in [4.69, 9.17) is 4.74 Å². The van der Waals surface area contributed by atoms with Crippen LogP contribution in [0.4, 0.5) is 9.18 Å². The van der Waals surface area contributed by atoms with Gasteiger partial charge in [-0.15, -0.1) is 0 Å². The van der Waals surface area contributed by atoms with Crippen LogP contribution >= 0.6 is 0 Å². The number of urea groups is 1. The Bertz CT molecular complexity index is 583. The Morgan fingerprint density at radius 2 is 1.90 bits per heavy atom. The molecule has 1 aromatic rings. The van der Waals surface area contributed by atoms with Crippen LogP contribution in [0.15, 0.2) is 24.3 Å². The van der Waals surface area contributed by atoms with E-state index in [1.165, 1.54) is 24.3 Å². The van der Waals surface area contributed by atoms with Gasteiger partial charge in [-0.1, -0.05) is 12.1 Å². The molecular weight excluding hydrogens is 279 g/mol. The molecule has 0 bridgehead atoms. The average molecular weight is 294 g/mol. The van der Waals surface area contributed by atoms with Crippen LogP contribution in [-0.2, 0) is 20.9 Å². The van der Waals surface area contributed by atoms with Crippen molar-refractivity contribution in [2.45, 2.75) is 26.0 Å². The molecule has 21 heavy (non-hydrogen) atoms. The maximum atomic E-state index is 12.7. The lowest BCUT2D eigenvalue weighted by molar-refractivity contribution is -0.148. The van der Waals surface area contributed by atoms with Gasteiger partial charge in [-0.2, -0.15) is 0 Å². The largest absolute Gasteiger partial charge is 0.459 e. The van der Waals surface area contributed by atoms with Gasteiger partial charge >= 0.3 is 12.0 Å². The monoisotopic (exact) mass is 294 g/mol. The maximum Gasteiger partial charge on any atom is 0.326 e. The number of carbonyl (C=O) groups is 3. The SMILES string of the molecule is CC1(C)NC(=O)N(CC(=O)OCc2ccc(F)cc2)C1=O. The van der Waals surface area contributed by atoms with E-state index in [1.54, 1.807) is 13.8 Å². The summed E-state index contributed by atoms with van der Waals surface area (Å²) in [6, 6.07) is 4.86. The van der Waals surface area contributed by atoms with Crippen LogP contribution in [0.5, 0.6) is 0 Å². The minimum atomic E-state index is -1.02. The van der Waals surface area contributed by atoms with Crippen molar-refractivity contribution in [1.29, 1.82) is 0 Å². The fourth-order valence-electron chi connectivity index (χ4n) is 1.88. The molecule has 0 saturated carbocycles. The molecule has 0 spiro atoms. The molecule has 0 unspecified atom stereocenters. The normalized spacial score (nSPS) is 16.8. The Kier molecular flexibility index (Phi) is 3.93. The van der Waals surface area contributed by atoms with Gasteiger partial charge in [-0.25, -0.2) is 9.18 Å². The Hall–Kier alpha value is -2.44. The Labute approximate surface area is 120 Å². The van der Waals surface area contributed by atoms with Gasteiger partial charge in [-0.05, 0) is 31.5 Å². The smallest absolute Gasteiger partial charge is 0.326 e. The number of hydrogen-bond acceptors (Lipinski definition) is 4. The second kappa shape index (κ2) is 5.51. The van der Waals surface area contributed by atoms with Gasteiger partial charge in [0.1, 0.15) is 24.5 Å². The molecule has 6 nitrogen and oxygen atoms in total. The molecule has 7 heteroatoms. The first-order chi connectivity index (χ1) is 9.79. The van der Waals surface area contributed by atoms with Crippen LogP contribution in [0.1, 0.15) is 19.4 Å². The highest BCUT2D eigenvalue weighted by Crippen LogP contribution is 2.16. The van der Waals surface area contributed by atoms with Gasteiger partial charge < -0.3 is 10.1 Å². The summed E-state index contributed by atoms with van der Waals surface area (Å²) < 4.78 is 17.7. The third-order valence-electron chi connectivity index (χ3n) is 3.04. The molecule has 1 N–H and O–H groups in total. The quantitative estimate of drug-likeness (QED) is 0.669. The molecule has 1 saturated heterocycles. The van der Waals surface area contributed by atoms with Crippen LogP contribution in [0.25, 0.3) is 0 Å². The van der Waals surface area contributed by atoms with E-state index in [0.29, 0.717) is 5.56 Å². The number of halogens is 1. The van der Waals surface area contributed by atoms with E-state index < -0.39 is 30.0 Å². The standard InChI is InChI=1S/C14H15FN2O4/c1-14(2)12(19)17(13(20)16-14)7-11(18)21-8-9-3-5-10(15)6-4-9/h3-6H,7-8H2,1-2H3,(H,16,20). The summed E-state index contributed by atoms with van der Waals surface area (Å²) in [6.07, 6.45) is 0. The predicted molar refractivity (Wildman–Crippen MR) is 70.5 cm³/mol. The number of ether oxygens (including phenoxy) is 1. The molecule has 3 amide bonds. The lowest BCUT2D eigenvalue weighted by Crippen LogP contribution is -2.41. The molecule has 0 aromatic heterocycles. The zero-order valence-corrected chi connectivity index (χ0v) is 11.7. The van der Waals surface area contributed by atoms with Crippen LogP contribution in [0.2, 0.25) is 0 Å². The number of benzene rings is 1. The van der Waals surface area contributed by atoms with E-state index in [1.807, 2.05) is 0 Å². The molecule has 1 aromatic carbocycles. The molecule has 0 atom stereocenters. The number of carbonyl (C=O) groups excluding carboxylic acids is 3. The molecule has 1 heterocycles. The first-order valence-corrected chi connectivity index (χ1v) is 6.34. The fourth-order valence-corrected chi connectivity index (χ4v) is 1.88. The van der Waals surface area contributed by atoms with Crippen molar-refractivity contribution < 1.29 is 23.5 Å². The van der Waals surface area contributed by atoms with Crippen LogP contribution < -0.4 is 5.32 Å². The lowest BCUT2D eigenvalue weighted by atomic mass is 10.1. The van der Waals surface area contributed by atoms with E-state index in [-0.39, 0.29) is 12.4 Å². The molecule has 0 aliphatic carbocycles. The van der Waals surface area contributed by atoms with E-state index in [0.717, 1.165) is 4.90 Å². The summed E-state index contributed by atoms with van der Waals surface area (Å²) in [4.78, 5) is 36.0. The minimum Gasteiger partial charge on any atom is -0.459 e. The number of nitrogens with one attached hydrogen (secondary N) is 1. The predicted octanol–water partition coefficient (Wildman–Crippen LogP) is 1.20. The van der Waals surface area contributed by atoms with Gasteiger partial charge in [0.25, 0.3) is 5.91 Å². The van der Waals surface area contributed by atoms with Crippen molar-refractivity contribution in [3.8, 4) is 0 Å². The molecular formula is C14H15FN2O4. The van der Waals surface area contributed by atoms with E-state index in [2.05, 4.69) is 5.32 Å². The van der Waals surface area contributed by atoms with Crippen molar-refractivity contribution in [1.82, 2.24) is 10.2 Å². The van der Waals surface area contributed by atoms with Crippen LogP contribution in [-0.4, -0.2) is 34.9 Å². The van der Waals surface area contributed by atoms with Gasteiger partial charge in [0.2, 0.25) is 0 Å². The molecule has 1 aliphatic rings. The maximum absolute atomic E-state index is 12.7. The number of amides is 3. The molecule has 1 fully saturated rings. The molecule has 2 rings (SSSR count). The molecule has 0 radical (unpaired) electrons. The summed E-state index contributed by atoms with van der Waals surface area (Å²) in [7, 11) is 0. The van der Waals surface area contributed by atoms with Crippen molar-refractivity contribution in [2.75, 3.05) is 6.54 Å². The summed E-state index contributed by atoms with van der Waals surface area (Å²) in [5.74, 6) is -1.57. The Balaban J connectivity index is 1.89. The summed E-state index contributed by atoms with van der Waals surface area (Å²) in [6.45, 7) is 2.61. The fraction of sp³-hybridized carbons (Fsp3) is 0.357. The summed E-state index contributed by atoms with van der Waals surface area (Å²) in [5, 5.41) is 2.47. The van der Waals surface area contributed by atoms with Crippen molar-refractivity contribution in [3.63, 3.8) is 0 Å². The molecule has 112 valence electrons. The van der Waals surface area contributed by atoms with Crippen molar-refractivity contribution >= 4 is 17.9 Å². The Morgan fingerprint density at radius 1 is 1.29 bits per heavy atom. The highest BCUT2D eigenvalue weighted by atomic mass is 19.1. The number of hydrogen-bond donors (Lipinski definition) is 1. The number of esters is 1. The van der Waals surface area contributed by atoms with Crippen LogP contribution in [0.3, 0.4) is 0 Å². The second-order valence-electron chi connectivity index (χ2n) is 5.23. The van der Waals surface area contributed by atoms with E-state index in [9.17, 15) is 18.8 Å². The number of imide groups is 1. The minimum absolute atomic E-state index is 0.0494. The average Bonchev–Trinajstić information content (AvgIpc) is 2.60. The first kappa shape index (κ1) is 15.0. The van der Waals surface area contributed by atoms with Gasteiger partial charge in [0.05, 0.1) is 0 Å². The van der Waals surface area contributed by atoms with Crippen molar-refractivity contribution in [3.05, 3.63) is 35.6 Å². The van der Waals surface area contributed by atoms with Gasteiger partial charge in [-0.3, -0.25) is 14.5 Å². The van der Waals surface area contributed by atoms with E-state index >= 15 is 0 Å². The lowest BCUT2D eigenvalue weighted by Gasteiger charge is -2.15. The highest BCUT2D eigenvalue weighted by Gasteiger charge is 2.45. The first-order valence-electron chi connectivity index (χ1n) is 6.34. The van der Waals surface area contributed by atoms with Crippen molar-refractivity contribution in [2.24, 2.45) is 0 Å². The van der Waals surface area contributed by atoms with Gasteiger partial charge in [0, 0.05) is 0 Å². The topological polar surface area (TPSA) is 75.7 Å². The highest BCUT2D eigenvalue weighted by molar-refractivity contribution is 6.08. The molecule has 1 aliphatic heterocycles. The summed E-state index contributed by atoms with van der Waals surface area (Å²) >= 11 is 0. The zero-order chi connectivity index (χ0) is 15.6. The summed E-state index contributed by atoms with van der Waals surface area (Å²) in [5.41, 5.74) is -0.406. The second-order valence-corrected chi connectivity index (χ2v) is 5.23. The third kappa shape index (κ3) is 3.36. The third-order valence-corrected chi connectivity index (χ3v) is 3.04. The van der Waals surface area contributed by atoms with Crippen LogP contribution in [0, 0.1) is 5.82 Å². The number of nitrogens with zero attached hydrogens (tertiary/aromatic N) is 1. The number of rotatable bonds is 4.